The first-order valence-electron chi connectivity index (χ1n) is 17.3. The Labute approximate surface area is 243 Å². The molecular formula is C37H41NO. The predicted molar refractivity (Wildman–Crippen MR) is 165 cm³/mol. The van der Waals surface area contributed by atoms with Crippen LogP contribution in [0.5, 0.6) is 0 Å². The highest BCUT2D eigenvalue weighted by atomic mass is 16.3. The van der Waals surface area contributed by atoms with Gasteiger partial charge in [-0.2, -0.15) is 0 Å². The van der Waals surface area contributed by atoms with Gasteiger partial charge in [0.25, 0.3) is 0 Å². The Bertz CT molecular complexity index is 1980. The number of hydrogen-bond acceptors (Lipinski definition) is 2. The SMILES string of the molecule is [2H]C([2H])([2H])c1cc(C)c2c(c1)oc1c(-c3cc(-c4ccc(C5([2H])CC(C)(C)CC(C)(C)C5)cc4C)c(C([2H])([2H])[2H])cn3)cccc12. The van der Waals surface area contributed by atoms with E-state index in [0.29, 0.717) is 28.0 Å². The quantitative estimate of drug-likeness (QED) is 0.235. The zero-order chi connectivity index (χ0) is 33.6. The summed E-state index contributed by atoms with van der Waals surface area (Å²) in [4.78, 5) is 4.62. The van der Waals surface area contributed by atoms with Crippen LogP contribution in [0.2, 0.25) is 0 Å². The number of pyridine rings is 1. The van der Waals surface area contributed by atoms with E-state index in [9.17, 15) is 1.37 Å². The van der Waals surface area contributed by atoms with Crippen LogP contribution < -0.4 is 0 Å². The number of hydrogen-bond donors (Lipinski definition) is 0. The summed E-state index contributed by atoms with van der Waals surface area (Å²) in [5.74, 6) is -0.737. The number of para-hydroxylation sites is 1. The molecule has 0 aliphatic heterocycles. The molecule has 1 saturated carbocycles. The standard InChI is InChI=1S/C37H41NO/c1-22-14-24(3)34-30-11-9-10-29(35(30)39-33(34)15-22)32-17-31(25(4)20-38-32)28-13-12-26(16-23(28)2)27-18-36(5,6)21-37(7,8)19-27/h9-17,20,27H,18-19,21H2,1-8H3/i1D3,4D3,27D. The summed E-state index contributed by atoms with van der Waals surface area (Å²) < 4.78 is 64.6. The number of rotatable bonds is 3. The van der Waals surface area contributed by atoms with E-state index in [0.717, 1.165) is 52.3 Å². The van der Waals surface area contributed by atoms with E-state index in [4.69, 9.17) is 12.6 Å². The van der Waals surface area contributed by atoms with Crippen LogP contribution in [0.3, 0.4) is 0 Å². The van der Waals surface area contributed by atoms with Crippen LogP contribution in [0, 0.1) is 38.4 Å². The van der Waals surface area contributed by atoms with Gasteiger partial charge in [0.05, 0.1) is 5.69 Å². The van der Waals surface area contributed by atoms with E-state index < -0.39 is 19.6 Å². The monoisotopic (exact) mass is 522 g/mol. The molecule has 39 heavy (non-hydrogen) atoms. The molecule has 0 radical (unpaired) electrons. The van der Waals surface area contributed by atoms with E-state index in [-0.39, 0.29) is 22.0 Å². The van der Waals surface area contributed by atoms with E-state index in [2.05, 4.69) is 38.7 Å². The maximum absolute atomic E-state index is 9.58. The molecule has 5 aromatic rings. The number of aryl methyl sites for hydroxylation is 4. The Hall–Kier alpha value is -3.39. The van der Waals surface area contributed by atoms with Crippen LogP contribution >= 0.6 is 0 Å². The van der Waals surface area contributed by atoms with Crippen molar-refractivity contribution in [2.75, 3.05) is 0 Å². The molecule has 0 unspecified atom stereocenters. The van der Waals surface area contributed by atoms with Gasteiger partial charge >= 0.3 is 0 Å². The Morgan fingerprint density at radius 2 is 1.64 bits per heavy atom. The summed E-state index contributed by atoms with van der Waals surface area (Å²) >= 11 is 0. The van der Waals surface area contributed by atoms with Gasteiger partial charge in [-0.1, -0.05) is 64.1 Å². The van der Waals surface area contributed by atoms with Gasteiger partial charge in [0.2, 0.25) is 0 Å². The molecule has 2 nitrogen and oxygen atoms in total. The number of fused-ring (bicyclic) bond motifs is 3. The lowest BCUT2D eigenvalue weighted by Crippen LogP contribution is -2.32. The second-order valence-corrected chi connectivity index (χ2v) is 13.1. The number of furan rings is 1. The molecule has 200 valence electrons. The third kappa shape index (κ3) is 4.69. The minimum Gasteiger partial charge on any atom is -0.455 e. The molecule has 2 heteroatoms. The van der Waals surface area contributed by atoms with Crippen LogP contribution in [0.25, 0.3) is 44.3 Å². The van der Waals surface area contributed by atoms with E-state index in [1.54, 1.807) is 12.1 Å². The summed E-state index contributed by atoms with van der Waals surface area (Å²) in [7, 11) is 0. The van der Waals surface area contributed by atoms with E-state index in [1.807, 2.05) is 50.2 Å². The summed E-state index contributed by atoms with van der Waals surface area (Å²) in [5.41, 5.74) is 6.75. The van der Waals surface area contributed by atoms with Crippen LogP contribution in [0.1, 0.15) is 90.3 Å². The molecule has 6 rings (SSSR count). The lowest BCUT2D eigenvalue weighted by Gasteiger charge is -2.45. The Balaban J connectivity index is 1.50. The van der Waals surface area contributed by atoms with Gasteiger partial charge in [0.15, 0.2) is 0 Å². The lowest BCUT2D eigenvalue weighted by molar-refractivity contribution is 0.0969. The lowest BCUT2D eigenvalue weighted by atomic mass is 9.60. The van der Waals surface area contributed by atoms with Crippen molar-refractivity contribution >= 4 is 21.9 Å². The maximum Gasteiger partial charge on any atom is 0.144 e. The van der Waals surface area contributed by atoms with Gasteiger partial charge in [-0.05, 0) is 121 Å². The van der Waals surface area contributed by atoms with Gasteiger partial charge < -0.3 is 4.42 Å². The van der Waals surface area contributed by atoms with Gasteiger partial charge in [-0.25, -0.2) is 0 Å². The van der Waals surface area contributed by atoms with Crippen molar-refractivity contribution < 1.29 is 14.0 Å². The van der Waals surface area contributed by atoms with Crippen LogP contribution in [-0.4, -0.2) is 4.98 Å². The topological polar surface area (TPSA) is 26.0 Å². The molecule has 0 N–H and O–H groups in total. The average Bonchev–Trinajstić information content (AvgIpc) is 3.29. The highest BCUT2D eigenvalue weighted by molar-refractivity contribution is 6.10. The smallest absolute Gasteiger partial charge is 0.144 e. The van der Waals surface area contributed by atoms with E-state index >= 15 is 0 Å². The number of aromatic nitrogens is 1. The second kappa shape index (κ2) is 9.08. The third-order valence-electron chi connectivity index (χ3n) is 8.24. The highest BCUT2D eigenvalue weighted by Gasteiger charge is 2.39. The largest absolute Gasteiger partial charge is 0.455 e. The first-order valence-corrected chi connectivity index (χ1v) is 13.8. The Morgan fingerprint density at radius 3 is 2.36 bits per heavy atom. The fourth-order valence-corrected chi connectivity index (χ4v) is 7.19. The molecular weight excluding hydrogens is 474 g/mol. The molecule has 1 aliphatic rings. The fourth-order valence-electron chi connectivity index (χ4n) is 7.19. The molecule has 0 amide bonds. The average molecular weight is 523 g/mol. The summed E-state index contributed by atoms with van der Waals surface area (Å²) in [6.45, 7) is 8.18. The van der Waals surface area contributed by atoms with Crippen molar-refractivity contribution in [1.29, 1.82) is 0 Å². The minimum absolute atomic E-state index is 0.0367. The number of benzene rings is 3. The molecule has 2 aromatic heterocycles. The molecule has 0 spiro atoms. The summed E-state index contributed by atoms with van der Waals surface area (Å²) in [6.07, 6.45) is 4.02. The highest BCUT2D eigenvalue weighted by Crippen LogP contribution is 2.52. The van der Waals surface area contributed by atoms with Gasteiger partial charge in [-0.15, -0.1) is 0 Å². The van der Waals surface area contributed by atoms with Crippen molar-refractivity contribution in [1.82, 2.24) is 4.98 Å². The third-order valence-corrected chi connectivity index (χ3v) is 8.24. The van der Waals surface area contributed by atoms with Crippen molar-refractivity contribution in [3.8, 4) is 22.4 Å². The minimum atomic E-state index is -2.39. The van der Waals surface area contributed by atoms with Crippen molar-refractivity contribution in [2.45, 2.75) is 80.4 Å². The molecule has 0 saturated heterocycles. The molecule has 0 atom stereocenters. The zero-order valence-electron chi connectivity index (χ0n) is 30.8. The first kappa shape index (κ1) is 18.8. The normalized spacial score (nSPS) is 21.3. The van der Waals surface area contributed by atoms with Crippen molar-refractivity contribution in [3.63, 3.8) is 0 Å². The second-order valence-electron chi connectivity index (χ2n) is 13.1. The Morgan fingerprint density at radius 1 is 0.846 bits per heavy atom. The number of nitrogens with zero attached hydrogens (tertiary/aromatic N) is 1. The summed E-state index contributed by atoms with van der Waals surface area (Å²) in [6, 6.07) is 16.8. The first-order chi connectivity index (χ1) is 21.2. The van der Waals surface area contributed by atoms with Gasteiger partial charge in [0, 0.05) is 32.1 Å². The Kier molecular flexibility index (Phi) is 4.38. The molecule has 0 bridgehead atoms. The molecule has 1 fully saturated rings. The summed E-state index contributed by atoms with van der Waals surface area (Å²) in [5, 5.41) is 1.68. The molecule has 3 aromatic carbocycles. The molecule has 2 heterocycles. The van der Waals surface area contributed by atoms with E-state index in [1.165, 1.54) is 6.20 Å². The molecule has 1 aliphatic carbocycles. The van der Waals surface area contributed by atoms with Crippen molar-refractivity contribution in [2.24, 2.45) is 10.8 Å². The van der Waals surface area contributed by atoms with Gasteiger partial charge in [0.1, 0.15) is 11.2 Å². The van der Waals surface area contributed by atoms with Crippen molar-refractivity contribution in [3.05, 3.63) is 88.6 Å². The van der Waals surface area contributed by atoms with Crippen LogP contribution in [0.15, 0.2) is 65.2 Å². The van der Waals surface area contributed by atoms with Crippen LogP contribution in [-0.2, 0) is 0 Å². The maximum atomic E-state index is 9.58. The van der Waals surface area contributed by atoms with Gasteiger partial charge in [-0.3, -0.25) is 4.98 Å². The zero-order valence-corrected chi connectivity index (χ0v) is 23.8. The predicted octanol–water partition coefficient (Wildman–Crippen LogP) is 10.9. The fraction of sp³-hybridized carbons (Fsp3) is 0.378. The van der Waals surface area contributed by atoms with Crippen LogP contribution in [0.4, 0.5) is 0 Å².